The second kappa shape index (κ2) is 6.35. The summed E-state index contributed by atoms with van der Waals surface area (Å²) in [4.78, 5) is 2.33. The predicted octanol–water partition coefficient (Wildman–Crippen LogP) is 1.31. The van der Waals surface area contributed by atoms with Gasteiger partial charge in [0.25, 0.3) is 0 Å². The van der Waals surface area contributed by atoms with Gasteiger partial charge in [0.1, 0.15) is 0 Å². The molecule has 1 saturated heterocycles. The maximum absolute atomic E-state index is 10.5. The average molecular weight is 186 g/mol. The van der Waals surface area contributed by atoms with Crippen molar-refractivity contribution >= 4 is 0 Å². The highest BCUT2D eigenvalue weighted by Gasteiger charge is 2.21. The Morgan fingerprint density at radius 2 is 2.31 bits per heavy atom. The average Bonchev–Trinajstić information content (AvgIpc) is 2.17. The van der Waals surface area contributed by atoms with Gasteiger partial charge in [-0.05, 0) is 25.8 Å². The monoisotopic (exact) mass is 186 g/mol. The number of hydrogen-bond acceptors (Lipinski definition) is 2. The molecule has 1 radical (unpaired) electrons. The van der Waals surface area contributed by atoms with Gasteiger partial charge in [-0.15, -0.1) is 0 Å². The number of piperidine rings is 1. The third-order valence-corrected chi connectivity index (χ3v) is 2.78. The minimum atomic E-state index is 0.0312. The normalized spacial score (nSPS) is 24.9. The van der Waals surface area contributed by atoms with Crippen LogP contribution in [-0.4, -0.2) is 44.4 Å². The van der Waals surface area contributed by atoms with E-state index in [0.717, 1.165) is 19.6 Å². The third kappa shape index (κ3) is 3.63. The quantitative estimate of drug-likeness (QED) is 0.648. The van der Waals surface area contributed by atoms with Gasteiger partial charge in [0, 0.05) is 26.3 Å². The van der Waals surface area contributed by atoms with Gasteiger partial charge in [0.05, 0.1) is 6.61 Å². The van der Waals surface area contributed by atoms with Crippen molar-refractivity contribution < 1.29 is 9.84 Å². The van der Waals surface area contributed by atoms with E-state index in [1.807, 2.05) is 0 Å². The summed E-state index contributed by atoms with van der Waals surface area (Å²) in [5.41, 5.74) is 0. The zero-order valence-electron chi connectivity index (χ0n) is 8.50. The lowest BCUT2D eigenvalue weighted by atomic mass is 10.00. The number of methoxy groups -OCH3 is 1. The Bertz CT molecular complexity index is 128. The summed E-state index contributed by atoms with van der Waals surface area (Å²) in [6.07, 6.45) is 4.88. The molecule has 3 nitrogen and oxygen atoms in total. The van der Waals surface area contributed by atoms with Crippen molar-refractivity contribution in [2.24, 2.45) is 0 Å². The van der Waals surface area contributed by atoms with Crippen molar-refractivity contribution in [2.75, 3.05) is 33.4 Å². The van der Waals surface area contributed by atoms with E-state index in [0.29, 0.717) is 12.6 Å². The Morgan fingerprint density at radius 1 is 1.46 bits per heavy atom. The van der Waals surface area contributed by atoms with Gasteiger partial charge in [-0.2, -0.15) is 0 Å². The third-order valence-electron chi connectivity index (χ3n) is 2.78. The van der Waals surface area contributed by atoms with Crippen LogP contribution in [0.15, 0.2) is 0 Å². The van der Waals surface area contributed by atoms with Crippen LogP contribution in [0.4, 0.5) is 0 Å². The van der Waals surface area contributed by atoms with Crippen molar-refractivity contribution in [1.29, 1.82) is 0 Å². The highest BCUT2D eigenvalue weighted by atomic mass is 16.5. The summed E-state index contributed by atoms with van der Waals surface area (Å²) in [7, 11) is 1.74. The fourth-order valence-corrected chi connectivity index (χ4v) is 2.05. The molecule has 0 aromatic rings. The molecule has 0 aromatic heterocycles. The Kier molecular flexibility index (Phi) is 5.35. The van der Waals surface area contributed by atoms with E-state index in [1.54, 1.807) is 7.11 Å². The standard InChI is InChI=1S/C10H20NO2/c1-13-9-5-10-4-2-3-6-11(10)7-8-12/h10H,2-9H2,1H3. The second-order valence-corrected chi connectivity index (χ2v) is 3.67. The zero-order chi connectivity index (χ0) is 9.52. The number of ether oxygens (including phenoxy) is 1. The molecule has 13 heavy (non-hydrogen) atoms. The Labute approximate surface area is 80.7 Å². The Morgan fingerprint density at radius 3 is 3.00 bits per heavy atom. The maximum Gasteiger partial charge on any atom is 0.0949 e. The maximum atomic E-state index is 10.5. The first-order valence-corrected chi connectivity index (χ1v) is 5.19. The molecule has 1 unspecified atom stereocenters. The van der Waals surface area contributed by atoms with Crippen molar-refractivity contribution in [2.45, 2.75) is 31.7 Å². The van der Waals surface area contributed by atoms with Crippen LogP contribution in [0.3, 0.4) is 0 Å². The fraction of sp³-hybridized carbons (Fsp3) is 1.00. The molecule has 0 amide bonds. The van der Waals surface area contributed by atoms with Crippen LogP contribution in [0.2, 0.25) is 0 Å². The molecule has 1 heterocycles. The van der Waals surface area contributed by atoms with Crippen LogP contribution in [-0.2, 0) is 9.84 Å². The molecule has 77 valence electrons. The molecule has 0 N–H and O–H groups in total. The molecular weight excluding hydrogens is 166 g/mol. The molecule has 0 aromatic carbocycles. The summed E-state index contributed by atoms with van der Waals surface area (Å²) in [5, 5.41) is 10.5. The van der Waals surface area contributed by atoms with Gasteiger partial charge in [-0.1, -0.05) is 6.42 Å². The van der Waals surface area contributed by atoms with Crippen LogP contribution in [0.5, 0.6) is 0 Å². The fourth-order valence-electron chi connectivity index (χ4n) is 2.05. The van der Waals surface area contributed by atoms with Crippen molar-refractivity contribution in [3.63, 3.8) is 0 Å². The molecule has 1 atom stereocenters. The van der Waals surface area contributed by atoms with Gasteiger partial charge < -0.3 is 4.74 Å². The highest BCUT2D eigenvalue weighted by molar-refractivity contribution is 4.76. The van der Waals surface area contributed by atoms with Gasteiger partial charge in [-0.3, -0.25) is 4.90 Å². The van der Waals surface area contributed by atoms with Gasteiger partial charge >= 0.3 is 0 Å². The molecule has 3 heteroatoms. The number of hydrogen-bond donors (Lipinski definition) is 0. The minimum absolute atomic E-state index is 0.0312. The van der Waals surface area contributed by atoms with Crippen molar-refractivity contribution in [1.82, 2.24) is 4.90 Å². The first-order chi connectivity index (χ1) is 6.38. The minimum Gasteiger partial charge on any atom is -0.385 e. The molecule has 1 rings (SSSR count). The van der Waals surface area contributed by atoms with Crippen LogP contribution in [0.1, 0.15) is 25.7 Å². The zero-order valence-corrected chi connectivity index (χ0v) is 8.50. The van der Waals surface area contributed by atoms with E-state index in [-0.39, 0.29) is 6.61 Å². The summed E-state index contributed by atoms with van der Waals surface area (Å²) in [5.74, 6) is 0. The summed E-state index contributed by atoms with van der Waals surface area (Å²) in [6.45, 7) is 2.68. The molecule has 0 spiro atoms. The lowest BCUT2D eigenvalue weighted by Crippen LogP contribution is -2.41. The Balaban J connectivity index is 2.28. The summed E-state index contributed by atoms with van der Waals surface area (Å²) < 4.78 is 5.07. The summed E-state index contributed by atoms with van der Waals surface area (Å²) >= 11 is 0. The van der Waals surface area contributed by atoms with E-state index in [4.69, 9.17) is 4.74 Å². The number of nitrogens with zero attached hydrogens (tertiary/aromatic N) is 1. The number of rotatable bonds is 5. The predicted molar refractivity (Wildman–Crippen MR) is 51.3 cm³/mol. The SMILES string of the molecule is COCCC1CCCCN1CC[O]. The summed E-state index contributed by atoms with van der Waals surface area (Å²) in [6, 6.07) is 0.600. The number of likely N-dealkylation sites (tertiary alicyclic amines) is 1. The topological polar surface area (TPSA) is 32.4 Å². The lowest BCUT2D eigenvalue weighted by molar-refractivity contribution is 0.0702. The van der Waals surface area contributed by atoms with Gasteiger partial charge in [-0.25, -0.2) is 5.11 Å². The van der Waals surface area contributed by atoms with E-state index < -0.39 is 0 Å². The molecule has 1 aliphatic heterocycles. The van der Waals surface area contributed by atoms with Crippen molar-refractivity contribution in [3.05, 3.63) is 0 Å². The molecule has 1 aliphatic rings. The van der Waals surface area contributed by atoms with Crippen LogP contribution in [0, 0.1) is 0 Å². The van der Waals surface area contributed by atoms with E-state index in [2.05, 4.69) is 4.90 Å². The molecule has 0 aliphatic carbocycles. The smallest absolute Gasteiger partial charge is 0.0949 e. The van der Waals surface area contributed by atoms with Gasteiger partial charge in [0.2, 0.25) is 0 Å². The molecule has 0 bridgehead atoms. The highest BCUT2D eigenvalue weighted by Crippen LogP contribution is 2.18. The van der Waals surface area contributed by atoms with Crippen LogP contribution in [0.25, 0.3) is 0 Å². The largest absolute Gasteiger partial charge is 0.385 e. The van der Waals surface area contributed by atoms with Crippen molar-refractivity contribution in [3.8, 4) is 0 Å². The second-order valence-electron chi connectivity index (χ2n) is 3.67. The molecule has 0 saturated carbocycles. The lowest BCUT2D eigenvalue weighted by Gasteiger charge is -2.34. The molecule has 1 fully saturated rings. The van der Waals surface area contributed by atoms with E-state index in [1.165, 1.54) is 19.3 Å². The van der Waals surface area contributed by atoms with Crippen LogP contribution < -0.4 is 0 Å². The van der Waals surface area contributed by atoms with Crippen LogP contribution >= 0.6 is 0 Å². The van der Waals surface area contributed by atoms with E-state index in [9.17, 15) is 5.11 Å². The first kappa shape index (κ1) is 11.0. The molecular formula is C10H20NO2. The van der Waals surface area contributed by atoms with Gasteiger partial charge in [0.15, 0.2) is 0 Å². The Hall–Kier alpha value is -0.120. The first-order valence-electron chi connectivity index (χ1n) is 5.19. The van der Waals surface area contributed by atoms with E-state index >= 15 is 0 Å².